The van der Waals surface area contributed by atoms with Crippen molar-refractivity contribution >= 4 is 23.3 Å². The van der Waals surface area contributed by atoms with Gasteiger partial charge in [-0.15, -0.1) is 0 Å². The van der Waals surface area contributed by atoms with Gasteiger partial charge in [-0.05, 0) is 50.9 Å². The number of rotatable bonds is 2. The predicted octanol–water partition coefficient (Wildman–Crippen LogP) is 2.25. The Morgan fingerprint density at radius 2 is 2.10 bits per heavy atom. The summed E-state index contributed by atoms with van der Waals surface area (Å²) in [5, 5.41) is 0. The highest BCUT2D eigenvalue weighted by molar-refractivity contribution is 7.71. The maximum Gasteiger partial charge on any atom is 0.178 e. The summed E-state index contributed by atoms with van der Waals surface area (Å²) in [5.41, 5.74) is 3.62. The standard InChI is InChI=1S/C15H22N4S/c1-11-4-5-13-14(8-11)19(15(20)16-13)10-12-9-17(2)6-7-18(12)3/h4-5,8,12H,6-7,9-10H2,1-3H3,(H,16,20). The molecule has 0 amide bonds. The molecule has 1 aliphatic heterocycles. The molecule has 0 aliphatic carbocycles. The average Bonchev–Trinajstić information content (AvgIpc) is 2.70. The van der Waals surface area contributed by atoms with E-state index in [9.17, 15) is 0 Å². The quantitative estimate of drug-likeness (QED) is 0.860. The molecule has 1 aromatic carbocycles. The number of fused-ring (bicyclic) bond motifs is 1. The lowest BCUT2D eigenvalue weighted by molar-refractivity contribution is 0.103. The van der Waals surface area contributed by atoms with E-state index in [1.807, 2.05) is 0 Å². The van der Waals surface area contributed by atoms with Crippen molar-refractivity contribution in [3.05, 3.63) is 28.5 Å². The summed E-state index contributed by atoms with van der Waals surface area (Å²) in [6.07, 6.45) is 0. The van der Waals surface area contributed by atoms with Crippen LogP contribution in [0.3, 0.4) is 0 Å². The number of piperazine rings is 1. The topological polar surface area (TPSA) is 27.2 Å². The highest BCUT2D eigenvalue weighted by Gasteiger charge is 2.23. The first-order valence-corrected chi connectivity index (χ1v) is 7.53. The number of hydrogen-bond donors (Lipinski definition) is 1. The number of aryl methyl sites for hydroxylation is 1. The normalized spacial score (nSPS) is 21.6. The highest BCUT2D eigenvalue weighted by Crippen LogP contribution is 2.18. The molecule has 2 aromatic rings. The summed E-state index contributed by atoms with van der Waals surface area (Å²) < 4.78 is 3.07. The van der Waals surface area contributed by atoms with E-state index in [1.165, 1.54) is 11.1 Å². The summed E-state index contributed by atoms with van der Waals surface area (Å²) >= 11 is 5.51. The Kier molecular flexibility index (Phi) is 3.67. The van der Waals surface area contributed by atoms with E-state index in [0.717, 1.165) is 36.5 Å². The van der Waals surface area contributed by atoms with Crippen LogP contribution in [0.1, 0.15) is 5.56 Å². The van der Waals surface area contributed by atoms with Crippen molar-refractivity contribution in [1.29, 1.82) is 0 Å². The van der Waals surface area contributed by atoms with Gasteiger partial charge in [0.15, 0.2) is 4.77 Å². The van der Waals surface area contributed by atoms with Crippen LogP contribution in [0.15, 0.2) is 18.2 Å². The lowest BCUT2D eigenvalue weighted by atomic mass is 10.1. The second-order valence-electron chi connectivity index (χ2n) is 5.96. The van der Waals surface area contributed by atoms with Crippen LogP contribution in [0.25, 0.3) is 11.0 Å². The van der Waals surface area contributed by atoms with Crippen LogP contribution in [0.5, 0.6) is 0 Å². The molecule has 1 aliphatic rings. The fourth-order valence-corrected chi connectivity index (χ4v) is 3.24. The molecule has 0 saturated carbocycles. The lowest BCUT2D eigenvalue weighted by Crippen LogP contribution is -2.51. The van der Waals surface area contributed by atoms with Gasteiger partial charge in [-0.2, -0.15) is 0 Å². The summed E-state index contributed by atoms with van der Waals surface area (Å²) in [7, 11) is 4.40. The molecule has 4 nitrogen and oxygen atoms in total. The number of nitrogens with one attached hydrogen (secondary N) is 1. The maximum absolute atomic E-state index is 5.51. The molecule has 0 spiro atoms. The van der Waals surface area contributed by atoms with Gasteiger partial charge in [-0.25, -0.2) is 0 Å². The molecule has 1 N–H and O–H groups in total. The number of aromatic amines is 1. The van der Waals surface area contributed by atoms with E-state index in [0.29, 0.717) is 6.04 Å². The Labute approximate surface area is 125 Å². The predicted molar refractivity (Wildman–Crippen MR) is 85.8 cm³/mol. The van der Waals surface area contributed by atoms with Gasteiger partial charge in [0.05, 0.1) is 11.0 Å². The minimum absolute atomic E-state index is 0.514. The molecule has 1 unspecified atom stereocenters. The monoisotopic (exact) mass is 290 g/mol. The molecule has 1 aromatic heterocycles. The van der Waals surface area contributed by atoms with Gasteiger partial charge in [0.1, 0.15) is 0 Å². The Morgan fingerprint density at radius 3 is 2.90 bits per heavy atom. The molecule has 20 heavy (non-hydrogen) atoms. The van der Waals surface area contributed by atoms with Crippen molar-refractivity contribution in [2.45, 2.75) is 19.5 Å². The molecule has 2 heterocycles. The molecule has 1 saturated heterocycles. The Hall–Kier alpha value is -1.17. The number of likely N-dealkylation sites (N-methyl/N-ethyl adjacent to an activating group) is 2. The summed E-state index contributed by atoms with van der Waals surface area (Å²) in [4.78, 5) is 8.15. The van der Waals surface area contributed by atoms with Gasteiger partial charge in [0, 0.05) is 32.2 Å². The van der Waals surface area contributed by atoms with Crippen LogP contribution in [-0.4, -0.2) is 59.1 Å². The van der Waals surface area contributed by atoms with Crippen LogP contribution in [-0.2, 0) is 6.54 Å². The zero-order valence-corrected chi connectivity index (χ0v) is 13.2. The van der Waals surface area contributed by atoms with Crippen LogP contribution in [0.2, 0.25) is 0 Å². The minimum atomic E-state index is 0.514. The van der Waals surface area contributed by atoms with Gasteiger partial charge in [-0.3, -0.25) is 4.90 Å². The molecule has 1 fully saturated rings. The van der Waals surface area contributed by atoms with E-state index in [1.54, 1.807) is 0 Å². The Morgan fingerprint density at radius 1 is 1.30 bits per heavy atom. The van der Waals surface area contributed by atoms with Crippen LogP contribution >= 0.6 is 12.2 Å². The molecule has 0 bridgehead atoms. The summed E-state index contributed by atoms with van der Waals surface area (Å²) in [5.74, 6) is 0. The highest BCUT2D eigenvalue weighted by atomic mass is 32.1. The number of benzene rings is 1. The fourth-order valence-electron chi connectivity index (χ4n) is 2.95. The van der Waals surface area contributed by atoms with Gasteiger partial charge >= 0.3 is 0 Å². The van der Waals surface area contributed by atoms with Crippen molar-refractivity contribution in [3.63, 3.8) is 0 Å². The van der Waals surface area contributed by atoms with E-state index in [2.05, 4.69) is 58.6 Å². The number of nitrogens with zero attached hydrogens (tertiary/aromatic N) is 3. The number of imidazole rings is 1. The maximum atomic E-state index is 5.51. The van der Waals surface area contributed by atoms with Crippen molar-refractivity contribution in [3.8, 4) is 0 Å². The number of H-pyrrole nitrogens is 1. The van der Waals surface area contributed by atoms with Crippen molar-refractivity contribution < 1.29 is 0 Å². The second kappa shape index (κ2) is 5.31. The molecule has 1 atom stereocenters. The van der Waals surface area contributed by atoms with Crippen molar-refractivity contribution in [1.82, 2.24) is 19.4 Å². The van der Waals surface area contributed by atoms with Crippen LogP contribution < -0.4 is 0 Å². The average molecular weight is 290 g/mol. The third-order valence-electron chi connectivity index (χ3n) is 4.30. The molecule has 3 rings (SSSR count). The number of hydrogen-bond acceptors (Lipinski definition) is 3. The zero-order valence-electron chi connectivity index (χ0n) is 12.4. The van der Waals surface area contributed by atoms with Crippen molar-refractivity contribution in [2.75, 3.05) is 33.7 Å². The van der Waals surface area contributed by atoms with E-state index >= 15 is 0 Å². The minimum Gasteiger partial charge on any atom is -0.331 e. The smallest absolute Gasteiger partial charge is 0.178 e. The number of aromatic nitrogens is 2. The van der Waals surface area contributed by atoms with Crippen LogP contribution in [0.4, 0.5) is 0 Å². The van der Waals surface area contributed by atoms with E-state index in [-0.39, 0.29) is 0 Å². The Balaban J connectivity index is 1.95. The second-order valence-corrected chi connectivity index (χ2v) is 6.34. The Bertz CT molecular complexity index is 672. The van der Waals surface area contributed by atoms with E-state index < -0.39 is 0 Å². The third kappa shape index (κ3) is 2.53. The zero-order chi connectivity index (χ0) is 14.3. The van der Waals surface area contributed by atoms with Gasteiger partial charge < -0.3 is 14.5 Å². The molecule has 108 valence electrons. The fraction of sp³-hybridized carbons (Fsp3) is 0.533. The first-order chi connectivity index (χ1) is 9.54. The van der Waals surface area contributed by atoms with Crippen molar-refractivity contribution in [2.24, 2.45) is 0 Å². The SMILES string of the molecule is Cc1ccc2[nH]c(=S)n(CC3CN(C)CCN3C)c2c1. The largest absolute Gasteiger partial charge is 0.331 e. The third-order valence-corrected chi connectivity index (χ3v) is 4.63. The van der Waals surface area contributed by atoms with Gasteiger partial charge in [0.2, 0.25) is 0 Å². The summed E-state index contributed by atoms with van der Waals surface area (Å²) in [6, 6.07) is 6.97. The molecule has 0 radical (unpaired) electrons. The van der Waals surface area contributed by atoms with Gasteiger partial charge in [-0.1, -0.05) is 6.07 Å². The lowest BCUT2D eigenvalue weighted by Gasteiger charge is -2.37. The molecule has 5 heteroatoms. The van der Waals surface area contributed by atoms with Gasteiger partial charge in [0.25, 0.3) is 0 Å². The summed E-state index contributed by atoms with van der Waals surface area (Å²) in [6.45, 7) is 6.43. The first kappa shape index (κ1) is 13.8. The molecular formula is C15H22N4S. The van der Waals surface area contributed by atoms with Crippen LogP contribution in [0, 0.1) is 11.7 Å². The van der Waals surface area contributed by atoms with E-state index in [4.69, 9.17) is 12.2 Å². The first-order valence-electron chi connectivity index (χ1n) is 7.12. The molecular weight excluding hydrogens is 268 g/mol.